The molecule has 0 spiro atoms. The summed E-state index contributed by atoms with van der Waals surface area (Å²) < 4.78 is 40.7. The average molecular weight is 1310 g/mol. The number of amides is 10. The Hall–Kier alpha value is -8.41. The van der Waals surface area contributed by atoms with Gasteiger partial charge in [0.15, 0.2) is 0 Å². The molecule has 510 valence electrons. The Bertz CT molecular complexity index is 3260. The van der Waals surface area contributed by atoms with Crippen molar-refractivity contribution in [3.63, 3.8) is 0 Å². The van der Waals surface area contributed by atoms with Crippen molar-refractivity contribution in [2.75, 3.05) is 27.2 Å². The average Bonchev–Trinajstić information content (AvgIpc) is 1.19. The van der Waals surface area contributed by atoms with E-state index in [-0.39, 0.29) is 67.1 Å². The standard InChI is InChI=1S/C69H99N9O14S/c1-45(2)53(76(15)63(86)57(66(4,5)6)74-62(85)58(77(16)65(88)92-68(10,11)12)69(13,14)49-30-22-18-23-31-49)42-46(3)59(82)75-93(89,90)50-36-34-48(35-37-50)44-71-60(83)51(32-25-26-40-70-64(87)91-67(7,8)9)73-61(84)52(43-47-28-20-17-21-29-47)72-54(79)33-24-19-27-41-78-55(80)38-39-56(78)81/h17-18,20-23,28-31,34-39,42,45,51-53,57-58H,19,24-27,32-33,40-41,43-44H2,1-16H3,(H,70,87)(H,71,83)(H,72,79)(H,73,84)(H,74,85)(H,75,82)/b46-42+/t51-,52-,53+,57+,58+/m0/s1. The zero-order chi connectivity index (χ0) is 69.8. The van der Waals surface area contributed by atoms with Gasteiger partial charge in [-0.1, -0.05) is 134 Å². The molecule has 0 aromatic heterocycles. The smallest absolute Gasteiger partial charge is 0.410 e. The summed E-state index contributed by atoms with van der Waals surface area (Å²) in [4.78, 5) is 138. The molecule has 0 unspecified atom stereocenters. The van der Waals surface area contributed by atoms with Gasteiger partial charge in [-0.15, -0.1) is 0 Å². The fourth-order valence-electron chi connectivity index (χ4n) is 10.3. The SMILES string of the molecule is C/C(=C\[C@H](C(C)C)N(C)C(=O)[C@@H](NC(=O)[C@@H](N(C)C(=O)OC(C)(C)C)C(C)(C)c1ccccc1)C(C)(C)C)C(=O)NS(=O)(=O)c1ccc(CNC(=O)[C@H](CCCCNC(=O)OC(C)(C)C)NC(=O)[C@H](Cc2ccccc2)NC(=O)CCCCCN2C(=O)C=CC2=O)cc1. The van der Waals surface area contributed by atoms with Crippen LogP contribution >= 0.6 is 0 Å². The minimum atomic E-state index is -4.50. The molecule has 3 aromatic rings. The summed E-state index contributed by atoms with van der Waals surface area (Å²) >= 11 is 0. The number of hydrogen-bond acceptors (Lipinski definition) is 14. The van der Waals surface area contributed by atoms with Gasteiger partial charge in [-0.05, 0) is 121 Å². The Morgan fingerprint density at radius 2 is 1.20 bits per heavy atom. The predicted octanol–water partition coefficient (Wildman–Crippen LogP) is 7.67. The molecule has 1 aliphatic heterocycles. The second kappa shape index (κ2) is 34.0. The van der Waals surface area contributed by atoms with Crippen molar-refractivity contribution in [2.45, 2.75) is 207 Å². The molecule has 0 bridgehead atoms. The van der Waals surface area contributed by atoms with Crippen molar-refractivity contribution in [3.05, 3.63) is 125 Å². The molecule has 10 amide bonds. The van der Waals surface area contributed by atoms with Gasteiger partial charge in [0.1, 0.15) is 35.4 Å². The molecule has 24 heteroatoms. The lowest BCUT2D eigenvalue weighted by atomic mass is 9.76. The van der Waals surface area contributed by atoms with E-state index >= 15 is 0 Å². The van der Waals surface area contributed by atoms with Crippen LogP contribution in [0, 0.1) is 11.3 Å². The number of imide groups is 1. The van der Waals surface area contributed by atoms with E-state index in [1.165, 1.54) is 73.3 Å². The lowest BCUT2D eigenvalue weighted by Crippen LogP contribution is -2.63. The van der Waals surface area contributed by atoms with Gasteiger partial charge < -0.3 is 41.0 Å². The van der Waals surface area contributed by atoms with Gasteiger partial charge >= 0.3 is 12.2 Å². The first-order valence-electron chi connectivity index (χ1n) is 31.6. The summed E-state index contributed by atoms with van der Waals surface area (Å²) in [5.74, 6) is -4.81. The van der Waals surface area contributed by atoms with Gasteiger partial charge in [0, 0.05) is 69.7 Å². The highest BCUT2D eigenvalue weighted by molar-refractivity contribution is 7.90. The minimum Gasteiger partial charge on any atom is -0.444 e. The molecule has 3 aromatic carbocycles. The second-order valence-corrected chi connectivity index (χ2v) is 29.2. The Balaban J connectivity index is 1.48. The van der Waals surface area contributed by atoms with Crippen LogP contribution in [0.25, 0.3) is 0 Å². The van der Waals surface area contributed by atoms with Crippen molar-refractivity contribution < 1.29 is 65.8 Å². The van der Waals surface area contributed by atoms with E-state index in [2.05, 4.69) is 31.3 Å². The van der Waals surface area contributed by atoms with E-state index < -0.39 is 110 Å². The Labute approximate surface area is 549 Å². The van der Waals surface area contributed by atoms with E-state index in [4.69, 9.17) is 9.47 Å². The molecule has 0 aliphatic carbocycles. The highest BCUT2D eigenvalue weighted by atomic mass is 32.2. The summed E-state index contributed by atoms with van der Waals surface area (Å²) in [6.45, 7) is 24.8. The highest BCUT2D eigenvalue weighted by Crippen LogP contribution is 2.33. The first kappa shape index (κ1) is 77.0. The highest BCUT2D eigenvalue weighted by Gasteiger charge is 2.46. The Morgan fingerprint density at radius 1 is 0.624 bits per heavy atom. The second-order valence-electron chi connectivity index (χ2n) is 27.5. The number of sulfonamides is 1. The molecule has 6 N–H and O–H groups in total. The number of nitrogens with one attached hydrogen (secondary N) is 6. The van der Waals surface area contributed by atoms with Crippen molar-refractivity contribution in [2.24, 2.45) is 11.3 Å². The lowest BCUT2D eigenvalue weighted by Gasteiger charge is -2.42. The number of benzene rings is 3. The third-order valence-electron chi connectivity index (χ3n) is 15.4. The van der Waals surface area contributed by atoms with Crippen LogP contribution in [-0.4, -0.2) is 151 Å². The summed E-state index contributed by atoms with van der Waals surface area (Å²) in [7, 11) is -1.48. The number of nitrogens with zero attached hydrogens (tertiary/aromatic N) is 3. The van der Waals surface area contributed by atoms with Crippen LogP contribution in [0.5, 0.6) is 0 Å². The van der Waals surface area contributed by atoms with Crippen molar-refractivity contribution in [1.82, 2.24) is 46.0 Å². The largest absolute Gasteiger partial charge is 0.444 e. The monoisotopic (exact) mass is 1310 g/mol. The molecular weight excluding hydrogens is 1210 g/mol. The van der Waals surface area contributed by atoms with E-state index in [1.54, 1.807) is 86.6 Å². The maximum absolute atomic E-state index is 14.8. The summed E-state index contributed by atoms with van der Waals surface area (Å²) in [6, 6.07) is 18.3. The van der Waals surface area contributed by atoms with Crippen molar-refractivity contribution in [3.8, 4) is 0 Å². The number of likely N-dealkylation sites (N-methyl/N-ethyl adjacent to an activating group) is 2. The van der Waals surface area contributed by atoms with Crippen LogP contribution < -0.4 is 31.3 Å². The first-order valence-corrected chi connectivity index (χ1v) is 33.0. The molecule has 0 fully saturated rings. The van der Waals surface area contributed by atoms with Gasteiger partial charge in [-0.2, -0.15) is 0 Å². The van der Waals surface area contributed by atoms with Crippen LogP contribution in [0.15, 0.2) is 114 Å². The summed E-state index contributed by atoms with van der Waals surface area (Å²) in [5, 5.41) is 14.1. The molecular formula is C69H99N9O14S. The summed E-state index contributed by atoms with van der Waals surface area (Å²) in [6.07, 6.45) is 5.03. The quantitative estimate of drug-likeness (QED) is 0.0205. The first-order chi connectivity index (χ1) is 43.2. The number of ether oxygens (including phenoxy) is 2. The molecule has 4 rings (SSSR count). The summed E-state index contributed by atoms with van der Waals surface area (Å²) in [5.41, 5.74) is -1.53. The third-order valence-corrected chi connectivity index (χ3v) is 16.8. The molecule has 93 heavy (non-hydrogen) atoms. The maximum atomic E-state index is 14.8. The van der Waals surface area contributed by atoms with Crippen LogP contribution in [0.3, 0.4) is 0 Å². The number of carbonyl (C=O) groups is 10. The van der Waals surface area contributed by atoms with Gasteiger partial charge in [-0.25, -0.2) is 22.7 Å². The van der Waals surface area contributed by atoms with Crippen molar-refractivity contribution in [1.29, 1.82) is 0 Å². The number of rotatable bonds is 31. The van der Waals surface area contributed by atoms with Crippen LogP contribution in [0.1, 0.15) is 159 Å². The van der Waals surface area contributed by atoms with Gasteiger partial charge in [0.2, 0.25) is 29.5 Å². The number of unbranched alkanes of at least 4 members (excludes halogenated alkanes) is 3. The zero-order valence-electron chi connectivity index (χ0n) is 57.0. The molecule has 1 heterocycles. The molecule has 0 saturated carbocycles. The molecule has 5 atom stereocenters. The van der Waals surface area contributed by atoms with E-state index in [1.807, 2.05) is 64.1 Å². The van der Waals surface area contributed by atoms with E-state index in [0.717, 1.165) is 16.0 Å². The minimum absolute atomic E-state index is 0.0243. The number of alkyl carbamates (subject to hydrolysis) is 1. The maximum Gasteiger partial charge on any atom is 0.410 e. The van der Waals surface area contributed by atoms with Crippen LogP contribution in [0.4, 0.5) is 9.59 Å². The fourth-order valence-corrected chi connectivity index (χ4v) is 11.4. The molecule has 23 nitrogen and oxygen atoms in total. The number of hydrogen-bond donors (Lipinski definition) is 6. The molecule has 1 aliphatic rings. The molecule has 0 saturated heterocycles. The van der Waals surface area contributed by atoms with Gasteiger partial charge in [0.05, 0.1) is 10.9 Å². The normalized spacial score (nSPS) is 14.6. The third kappa shape index (κ3) is 24.5. The Kier molecular flexibility index (Phi) is 28.1. The zero-order valence-corrected chi connectivity index (χ0v) is 57.8. The predicted molar refractivity (Wildman–Crippen MR) is 354 cm³/mol. The lowest BCUT2D eigenvalue weighted by molar-refractivity contribution is -0.142. The fraction of sp³-hybridized carbons (Fsp3) is 0.536. The van der Waals surface area contributed by atoms with Crippen LogP contribution in [-0.2, 0) is 76.2 Å². The van der Waals surface area contributed by atoms with E-state index in [9.17, 15) is 56.4 Å². The van der Waals surface area contributed by atoms with Gasteiger partial charge in [0.25, 0.3) is 27.7 Å². The molecule has 0 radical (unpaired) electrons. The topological polar surface area (TPSA) is 305 Å². The van der Waals surface area contributed by atoms with Crippen LogP contribution in [0.2, 0.25) is 0 Å². The van der Waals surface area contributed by atoms with Gasteiger partial charge in [-0.3, -0.25) is 48.2 Å². The Morgan fingerprint density at radius 3 is 1.76 bits per heavy atom. The number of carbonyl (C=O) groups excluding carboxylic acids is 10. The van der Waals surface area contributed by atoms with Crippen molar-refractivity contribution >= 4 is 69.5 Å². The van der Waals surface area contributed by atoms with E-state index in [0.29, 0.717) is 37.7 Å².